The normalized spacial score (nSPS) is 16.6. The smallest absolute Gasteiger partial charge is 0.213 e. The molecule has 0 bridgehead atoms. The molecule has 0 radical (unpaired) electrons. The minimum Gasteiger partial charge on any atom is -0.260 e. The van der Waals surface area contributed by atoms with Gasteiger partial charge in [0.25, 0.3) is 0 Å². The Hall–Kier alpha value is -2.48. The molecule has 2 heterocycles. The number of hydrogen-bond donors (Lipinski definition) is 0. The van der Waals surface area contributed by atoms with Crippen LogP contribution in [0, 0.1) is 6.92 Å². The van der Waals surface area contributed by atoms with E-state index in [2.05, 4.69) is 68.1 Å². The quantitative estimate of drug-likeness (QED) is 0.571. The second kappa shape index (κ2) is 6.02. The maximum absolute atomic E-state index is 4.92. The van der Waals surface area contributed by atoms with Crippen molar-refractivity contribution in [3.63, 3.8) is 0 Å². The number of rotatable bonds is 2. The second-order valence-electron chi connectivity index (χ2n) is 8.25. The number of aromatic nitrogens is 2. The molecule has 2 heteroatoms. The summed E-state index contributed by atoms with van der Waals surface area (Å²) < 4.78 is 2.29. The highest BCUT2D eigenvalue weighted by Crippen LogP contribution is 2.58. The van der Waals surface area contributed by atoms with E-state index >= 15 is 0 Å². The van der Waals surface area contributed by atoms with Crippen molar-refractivity contribution in [3.8, 4) is 22.4 Å². The van der Waals surface area contributed by atoms with Gasteiger partial charge in [-0.25, -0.2) is 4.57 Å². The highest BCUT2D eigenvalue weighted by atomic mass is 14.9. The first kappa shape index (κ1) is 16.7. The fraction of sp³-hybridized carbons (Fsp3) is 0.360. The minimum atomic E-state index is 0.0997. The van der Waals surface area contributed by atoms with Crippen LogP contribution < -0.4 is 4.57 Å². The average Bonchev–Trinajstić information content (AvgIpc) is 3.28. The minimum absolute atomic E-state index is 0.0997. The molecule has 1 aromatic carbocycles. The van der Waals surface area contributed by atoms with Crippen LogP contribution in [0.5, 0.6) is 0 Å². The van der Waals surface area contributed by atoms with E-state index in [0.717, 1.165) is 6.42 Å². The van der Waals surface area contributed by atoms with Crippen molar-refractivity contribution in [2.45, 2.75) is 51.4 Å². The van der Waals surface area contributed by atoms with E-state index in [1.54, 1.807) is 0 Å². The van der Waals surface area contributed by atoms with Gasteiger partial charge in [-0.3, -0.25) is 4.98 Å². The Bertz CT molecular complexity index is 1040. The van der Waals surface area contributed by atoms with Crippen LogP contribution in [0.25, 0.3) is 22.4 Å². The zero-order valence-corrected chi connectivity index (χ0v) is 16.5. The highest BCUT2D eigenvalue weighted by Gasteiger charge is 2.48. The van der Waals surface area contributed by atoms with Gasteiger partial charge in [-0.15, -0.1) is 0 Å². The first-order chi connectivity index (χ1) is 13.2. The molecule has 27 heavy (non-hydrogen) atoms. The SMILES string of the molecule is CCc1cc[n+](C)c(-c2c(C)ccc3c2C2(CCCC2)c2ncccc2-3)c1. The standard InChI is InChI=1S/C25H27N2/c1-4-18-11-15-27(3)21(16-18)22-17(2)9-10-19-20-8-7-14-26-24(20)25(23(19)22)12-5-6-13-25/h7-11,14-16H,4-6,12-13H2,1-3H3/q+1. The maximum atomic E-state index is 4.92. The molecule has 1 saturated carbocycles. The molecule has 0 aliphatic heterocycles. The topological polar surface area (TPSA) is 16.8 Å². The predicted molar refractivity (Wildman–Crippen MR) is 110 cm³/mol. The van der Waals surface area contributed by atoms with Gasteiger partial charge in [0.2, 0.25) is 5.69 Å². The fourth-order valence-corrected chi connectivity index (χ4v) is 5.43. The second-order valence-corrected chi connectivity index (χ2v) is 8.25. The molecular weight excluding hydrogens is 328 g/mol. The van der Waals surface area contributed by atoms with Crippen LogP contribution in [0.2, 0.25) is 0 Å². The van der Waals surface area contributed by atoms with Gasteiger partial charge >= 0.3 is 0 Å². The Morgan fingerprint density at radius 1 is 1.07 bits per heavy atom. The van der Waals surface area contributed by atoms with E-state index in [9.17, 15) is 0 Å². The molecule has 0 amide bonds. The van der Waals surface area contributed by atoms with Gasteiger partial charge in [0.1, 0.15) is 7.05 Å². The van der Waals surface area contributed by atoms with Gasteiger partial charge in [0.15, 0.2) is 6.20 Å². The van der Waals surface area contributed by atoms with E-state index in [0.29, 0.717) is 0 Å². The summed E-state index contributed by atoms with van der Waals surface area (Å²) in [6.07, 6.45) is 10.3. The molecule has 5 rings (SSSR count). The van der Waals surface area contributed by atoms with Crippen LogP contribution in [0.1, 0.15) is 55.0 Å². The summed E-state index contributed by atoms with van der Waals surface area (Å²) in [7, 11) is 2.18. The molecular formula is C25H27N2+. The third-order valence-corrected chi connectivity index (χ3v) is 6.78. The Labute approximate surface area is 161 Å². The van der Waals surface area contributed by atoms with Crippen molar-refractivity contribution in [1.82, 2.24) is 4.98 Å². The van der Waals surface area contributed by atoms with E-state index in [1.165, 1.54) is 70.5 Å². The van der Waals surface area contributed by atoms with Crippen molar-refractivity contribution < 1.29 is 4.57 Å². The number of hydrogen-bond acceptors (Lipinski definition) is 1. The van der Waals surface area contributed by atoms with E-state index in [4.69, 9.17) is 4.98 Å². The summed E-state index contributed by atoms with van der Waals surface area (Å²) in [4.78, 5) is 4.92. The number of aryl methyl sites for hydroxylation is 3. The molecule has 0 saturated heterocycles. The number of fused-ring (bicyclic) bond motifs is 5. The van der Waals surface area contributed by atoms with Crippen molar-refractivity contribution >= 4 is 0 Å². The molecule has 2 aliphatic rings. The molecule has 2 nitrogen and oxygen atoms in total. The first-order valence-electron chi connectivity index (χ1n) is 10.2. The lowest BCUT2D eigenvalue weighted by atomic mass is 9.75. The van der Waals surface area contributed by atoms with Crippen LogP contribution >= 0.6 is 0 Å². The van der Waals surface area contributed by atoms with Crippen molar-refractivity contribution in [2.24, 2.45) is 7.05 Å². The van der Waals surface area contributed by atoms with E-state index in [1.807, 2.05) is 6.20 Å². The lowest BCUT2D eigenvalue weighted by Gasteiger charge is -2.27. The van der Waals surface area contributed by atoms with Crippen LogP contribution in [0.15, 0.2) is 48.8 Å². The average molecular weight is 356 g/mol. The lowest BCUT2D eigenvalue weighted by Crippen LogP contribution is -2.32. The van der Waals surface area contributed by atoms with E-state index in [-0.39, 0.29) is 5.41 Å². The van der Waals surface area contributed by atoms with Gasteiger partial charge in [0, 0.05) is 29.3 Å². The van der Waals surface area contributed by atoms with Gasteiger partial charge < -0.3 is 0 Å². The Balaban J connectivity index is 1.87. The summed E-state index contributed by atoms with van der Waals surface area (Å²) in [6, 6.07) is 13.6. The zero-order valence-electron chi connectivity index (χ0n) is 16.5. The molecule has 2 aromatic heterocycles. The molecule has 0 unspecified atom stereocenters. The van der Waals surface area contributed by atoms with Crippen molar-refractivity contribution in [3.05, 3.63) is 71.2 Å². The van der Waals surface area contributed by atoms with Gasteiger partial charge in [-0.2, -0.15) is 0 Å². The summed E-state index contributed by atoms with van der Waals surface area (Å²) in [5, 5.41) is 0. The Morgan fingerprint density at radius 2 is 1.89 bits per heavy atom. The molecule has 136 valence electrons. The zero-order chi connectivity index (χ0) is 18.6. The summed E-state index contributed by atoms with van der Waals surface area (Å²) in [6.45, 7) is 4.51. The summed E-state index contributed by atoms with van der Waals surface area (Å²) >= 11 is 0. The Morgan fingerprint density at radius 3 is 2.67 bits per heavy atom. The lowest BCUT2D eigenvalue weighted by molar-refractivity contribution is -0.660. The summed E-state index contributed by atoms with van der Waals surface area (Å²) in [5.74, 6) is 0. The highest BCUT2D eigenvalue weighted by molar-refractivity contribution is 5.87. The summed E-state index contributed by atoms with van der Waals surface area (Å²) in [5.41, 5.74) is 11.3. The Kier molecular flexibility index (Phi) is 3.72. The molecule has 3 aromatic rings. The molecule has 0 N–H and O–H groups in total. The van der Waals surface area contributed by atoms with Gasteiger partial charge in [0.05, 0.1) is 11.3 Å². The van der Waals surface area contributed by atoms with E-state index < -0.39 is 0 Å². The molecule has 1 spiro atoms. The fourth-order valence-electron chi connectivity index (χ4n) is 5.43. The predicted octanol–water partition coefficient (Wildman–Crippen LogP) is 5.28. The van der Waals surface area contributed by atoms with Crippen LogP contribution in [0.4, 0.5) is 0 Å². The van der Waals surface area contributed by atoms with Gasteiger partial charge in [-0.05, 0) is 54.5 Å². The van der Waals surface area contributed by atoms with Crippen molar-refractivity contribution in [1.29, 1.82) is 0 Å². The monoisotopic (exact) mass is 355 g/mol. The number of pyridine rings is 2. The van der Waals surface area contributed by atoms with Crippen LogP contribution in [-0.4, -0.2) is 4.98 Å². The number of nitrogens with zero attached hydrogens (tertiary/aromatic N) is 2. The number of benzene rings is 1. The third-order valence-electron chi connectivity index (χ3n) is 6.78. The van der Waals surface area contributed by atoms with Crippen LogP contribution in [-0.2, 0) is 18.9 Å². The van der Waals surface area contributed by atoms with Crippen molar-refractivity contribution in [2.75, 3.05) is 0 Å². The molecule has 2 aliphatic carbocycles. The maximum Gasteiger partial charge on any atom is 0.213 e. The van der Waals surface area contributed by atoms with Crippen LogP contribution in [0.3, 0.4) is 0 Å². The molecule has 1 fully saturated rings. The largest absolute Gasteiger partial charge is 0.260 e. The molecule has 0 atom stereocenters. The first-order valence-corrected chi connectivity index (χ1v) is 10.2. The van der Waals surface area contributed by atoms with Gasteiger partial charge in [-0.1, -0.05) is 38.0 Å². The third kappa shape index (κ3) is 2.25.